The van der Waals surface area contributed by atoms with Gasteiger partial charge >= 0.3 is 6.09 Å². The number of anilines is 2. The van der Waals surface area contributed by atoms with Gasteiger partial charge in [0.05, 0.1) is 12.6 Å². The van der Waals surface area contributed by atoms with Gasteiger partial charge in [0.25, 0.3) is 5.91 Å². The Kier molecular flexibility index (Phi) is 7.65. The minimum absolute atomic E-state index is 0.0169. The highest BCUT2D eigenvalue weighted by Crippen LogP contribution is 2.47. The number of nitrogens with zero attached hydrogens (tertiary/aromatic N) is 4. The molecule has 2 saturated carbocycles. The van der Waals surface area contributed by atoms with Gasteiger partial charge in [-0.05, 0) is 86.8 Å². The Hall–Kier alpha value is -3.13. The molecule has 0 bridgehead atoms. The van der Waals surface area contributed by atoms with Crippen molar-refractivity contribution in [2.24, 2.45) is 0 Å². The molecular weight excluding hydrogens is 468 g/mol. The average molecular weight is 507 g/mol. The zero-order valence-electron chi connectivity index (χ0n) is 22.2. The number of ether oxygens (including phenoxy) is 2. The molecule has 1 aliphatic heterocycles. The SMILES string of the molecule is CCOC[C@@H]1COC(=O)N1c1ccc(C(=O)N(CC)CCN(C)c2ncc(C3CC3)cc2C2CC2)cc1. The molecule has 3 aliphatic rings. The lowest BCUT2D eigenvalue weighted by molar-refractivity contribution is 0.0768. The Morgan fingerprint density at radius 2 is 1.84 bits per heavy atom. The van der Waals surface area contributed by atoms with Crippen LogP contribution in [-0.2, 0) is 9.47 Å². The maximum absolute atomic E-state index is 13.3. The van der Waals surface area contributed by atoms with E-state index in [1.807, 2.05) is 30.9 Å². The summed E-state index contributed by atoms with van der Waals surface area (Å²) in [5.41, 5.74) is 4.08. The first-order valence-electron chi connectivity index (χ1n) is 13.6. The minimum Gasteiger partial charge on any atom is -0.447 e. The molecule has 37 heavy (non-hydrogen) atoms. The number of carbonyl (C=O) groups excluding carboxylic acids is 2. The fourth-order valence-electron chi connectivity index (χ4n) is 5.03. The van der Waals surface area contributed by atoms with Crippen LogP contribution in [0.1, 0.15) is 72.9 Å². The van der Waals surface area contributed by atoms with E-state index < -0.39 is 0 Å². The van der Waals surface area contributed by atoms with Crippen LogP contribution in [0.4, 0.5) is 16.3 Å². The summed E-state index contributed by atoms with van der Waals surface area (Å²) in [4.78, 5) is 36.1. The second-order valence-electron chi connectivity index (χ2n) is 10.3. The number of carbonyl (C=O) groups is 2. The number of cyclic esters (lactones) is 1. The number of aromatic nitrogens is 1. The van der Waals surface area contributed by atoms with E-state index in [0.717, 1.165) is 5.82 Å². The standard InChI is InChI=1S/C29H38N4O4/c1-4-32(15-14-31(3)27-26(21-8-9-21)16-23(17-30-27)20-6-7-20)28(34)22-10-12-24(13-11-22)33-25(18-36-5-2)19-37-29(33)35/h10-13,16-17,20-21,25H,4-9,14-15,18-19H2,1-3H3/t25-/m1/s1. The Balaban J connectivity index is 1.22. The van der Waals surface area contributed by atoms with Crippen LogP contribution in [0.5, 0.6) is 0 Å². The van der Waals surface area contributed by atoms with Crippen molar-refractivity contribution >= 4 is 23.5 Å². The zero-order valence-corrected chi connectivity index (χ0v) is 22.2. The summed E-state index contributed by atoms with van der Waals surface area (Å²) >= 11 is 0. The second kappa shape index (κ2) is 11.1. The number of benzene rings is 1. The number of likely N-dealkylation sites (N-methyl/N-ethyl adjacent to an activating group) is 2. The molecule has 1 aromatic heterocycles. The molecule has 0 N–H and O–H groups in total. The van der Waals surface area contributed by atoms with E-state index in [9.17, 15) is 9.59 Å². The van der Waals surface area contributed by atoms with Crippen molar-refractivity contribution in [1.82, 2.24) is 9.88 Å². The fraction of sp³-hybridized carbons (Fsp3) is 0.552. The van der Waals surface area contributed by atoms with Crippen LogP contribution < -0.4 is 9.80 Å². The third-order valence-electron chi connectivity index (χ3n) is 7.59. The smallest absolute Gasteiger partial charge is 0.414 e. The monoisotopic (exact) mass is 506 g/mol. The molecule has 198 valence electrons. The molecule has 8 nitrogen and oxygen atoms in total. The highest BCUT2D eigenvalue weighted by molar-refractivity contribution is 5.96. The Morgan fingerprint density at radius 3 is 2.49 bits per heavy atom. The third-order valence-corrected chi connectivity index (χ3v) is 7.59. The maximum atomic E-state index is 13.3. The van der Waals surface area contributed by atoms with Crippen LogP contribution in [0.15, 0.2) is 36.5 Å². The third kappa shape index (κ3) is 5.74. The molecule has 8 heteroatoms. The van der Waals surface area contributed by atoms with Gasteiger partial charge in [-0.2, -0.15) is 0 Å². The lowest BCUT2D eigenvalue weighted by Crippen LogP contribution is -2.38. The molecule has 2 heterocycles. The van der Waals surface area contributed by atoms with Crippen LogP contribution in [0.25, 0.3) is 0 Å². The molecule has 3 fully saturated rings. The quantitative estimate of drug-likeness (QED) is 0.412. The molecule has 5 rings (SSSR count). The first kappa shape index (κ1) is 25.5. The minimum atomic E-state index is -0.383. The molecule has 2 aliphatic carbocycles. The average Bonchev–Trinajstić information content (AvgIpc) is 3.85. The number of hydrogen-bond acceptors (Lipinski definition) is 6. The van der Waals surface area contributed by atoms with E-state index in [-0.39, 0.29) is 18.0 Å². The van der Waals surface area contributed by atoms with E-state index >= 15 is 0 Å². The largest absolute Gasteiger partial charge is 0.447 e. The molecule has 0 unspecified atom stereocenters. The van der Waals surface area contributed by atoms with Crippen molar-refractivity contribution in [3.8, 4) is 0 Å². The Morgan fingerprint density at radius 1 is 1.11 bits per heavy atom. The molecule has 2 amide bonds. The van der Waals surface area contributed by atoms with E-state index in [2.05, 4.69) is 24.2 Å². The van der Waals surface area contributed by atoms with Gasteiger partial charge in [-0.15, -0.1) is 0 Å². The van der Waals surface area contributed by atoms with Gasteiger partial charge in [0.2, 0.25) is 0 Å². The van der Waals surface area contributed by atoms with Crippen molar-refractivity contribution in [1.29, 1.82) is 0 Å². The van der Waals surface area contributed by atoms with E-state index in [4.69, 9.17) is 14.5 Å². The van der Waals surface area contributed by atoms with Gasteiger partial charge in [0, 0.05) is 50.7 Å². The predicted octanol–water partition coefficient (Wildman–Crippen LogP) is 4.80. The van der Waals surface area contributed by atoms with Crippen LogP contribution in [0.2, 0.25) is 0 Å². The first-order valence-corrected chi connectivity index (χ1v) is 13.6. The van der Waals surface area contributed by atoms with Gasteiger partial charge in [-0.1, -0.05) is 6.07 Å². The summed E-state index contributed by atoms with van der Waals surface area (Å²) in [6, 6.07) is 9.42. The van der Waals surface area contributed by atoms with Gasteiger partial charge in [-0.3, -0.25) is 9.69 Å². The highest BCUT2D eigenvalue weighted by atomic mass is 16.6. The van der Waals surface area contributed by atoms with Crippen molar-refractivity contribution in [3.63, 3.8) is 0 Å². The topological polar surface area (TPSA) is 75.2 Å². The van der Waals surface area contributed by atoms with Crippen molar-refractivity contribution < 1.29 is 19.1 Å². The van der Waals surface area contributed by atoms with Gasteiger partial charge in [-0.25, -0.2) is 9.78 Å². The van der Waals surface area contributed by atoms with Crippen LogP contribution in [0, 0.1) is 0 Å². The van der Waals surface area contributed by atoms with Gasteiger partial charge < -0.3 is 19.3 Å². The summed E-state index contributed by atoms with van der Waals surface area (Å²) in [5.74, 6) is 2.37. The first-order chi connectivity index (χ1) is 18.0. The van der Waals surface area contributed by atoms with E-state index in [1.165, 1.54) is 36.8 Å². The van der Waals surface area contributed by atoms with Crippen LogP contribution in [0.3, 0.4) is 0 Å². The molecular formula is C29H38N4O4. The number of rotatable bonds is 12. The molecule has 1 aromatic carbocycles. The normalized spacial score (nSPS) is 19.2. The van der Waals surface area contributed by atoms with Crippen LogP contribution >= 0.6 is 0 Å². The second-order valence-corrected chi connectivity index (χ2v) is 10.3. The van der Waals surface area contributed by atoms with E-state index in [0.29, 0.717) is 62.5 Å². The summed E-state index contributed by atoms with van der Waals surface area (Å²) in [6.07, 6.45) is 6.72. The van der Waals surface area contributed by atoms with Crippen molar-refractivity contribution in [2.45, 2.75) is 57.4 Å². The van der Waals surface area contributed by atoms with Gasteiger partial charge in [0.1, 0.15) is 12.4 Å². The molecule has 1 atom stereocenters. The molecule has 0 radical (unpaired) electrons. The lowest BCUT2D eigenvalue weighted by Gasteiger charge is -2.27. The summed E-state index contributed by atoms with van der Waals surface area (Å²) in [7, 11) is 2.08. The number of pyridine rings is 1. The number of amides is 2. The highest BCUT2D eigenvalue weighted by Gasteiger charge is 2.34. The van der Waals surface area contributed by atoms with Crippen molar-refractivity contribution in [2.75, 3.05) is 56.3 Å². The number of hydrogen-bond donors (Lipinski definition) is 0. The van der Waals surface area contributed by atoms with Crippen LogP contribution in [-0.4, -0.2) is 74.4 Å². The maximum Gasteiger partial charge on any atom is 0.414 e. The fourth-order valence-corrected chi connectivity index (χ4v) is 5.03. The summed E-state index contributed by atoms with van der Waals surface area (Å²) < 4.78 is 10.7. The Labute approximate surface area is 219 Å². The zero-order chi connectivity index (χ0) is 25.9. The molecule has 1 saturated heterocycles. The summed E-state index contributed by atoms with van der Waals surface area (Å²) in [5, 5.41) is 0. The van der Waals surface area contributed by atoms with Crippen molar-refractivity contribution in [3.05, 3.63) is 53.2 Å². The Bertz CT molecular complexity index is 1110. The predicted molar refractivity (Wildman–Crippen MR) is 144 cm³/mol. The summed E-state index contributed by atoms with van der Waals surface area (Å²) in [6.45, 7) is 7.17. The lowest BCUT2D eigenvalue weighted by atomic mass is 10.1. The molecule has 0 spiro atoms. The van der Waals surface area contributed by atoms with Gasteiger partial charge in [0.15, 0.2) is 0 Å². The van der Waals surface area contributed by atoms with E-state index in [1.54, 1.807) is 17.0 Å². The molecule has 2 aromatic rings.